The van der Waals surface area contributed by atoms with E-state index in [9.17, 15) is 9.50 Å². The molecule has 32 heavy (non-hydrogen) atoms. The van der Waals surface area contributed by atoms with Crippen molar-refractivity contribution >= 4 is 5.82 Å². The van der Waals surface area contributed by atoms with Crippen LogP contribution in [0.5, 0.6) is 0 Å². The van der Waals surface area contributed by atoms with Crippen LogP contribution in [0.3, 0.4) is 0 Å². The molecule has 2 heterocycles. The largest absolute Gasteiger partial charge is 0.389 e. The molecule has 1 aromatic heterocycles. The minimum atomic E-state index is -0.470. The highest BCUT2D eigenvalue weighted by molar-refractivity contribution is 5.52. The number of piperazine rings is 1. The van der Waals surface area contributed by atoms with Gasteiger partial charge in [-0.25, -0.2) is 14.4 Å². The van der Waals surface area contributed by atoms with Crippen LogP contribution < -0.4 is 4.90 Å². The van der Waals surface area contributed by atoms with Crippen LogP contribution in [0.15, 0.2) is 24.3 Å². The number of aromatic nitrogens is 2. The van der Waals surface area contributed by atoms with Crippen LogP contribution in [0.25, 0.3) is 0 Å². The minimum absolute atomic E-state index is 0.224. The number of ether oxygens (including phenoxy) is 1. The lowest BCUT2D eigenvalue weighted by Gasteiger charge is -2.37. The molecule has 1 unspecified atom stereocenters. The predicted molar refractivity (Wildman–Crippen MR) is 126 cm³/mol. The van der Waals surface area contributed by atoms with Crippen molar-refractivity contribution in [2.24, 2.45) is 5.92 Å². The lowest BCUT2D eigenvalue weighted by Crippen LogP contribution is -2.49. The summed E-state index contributed by atoms with van der Waals surface area (Å²) in [5.74, 6) is 2.01. The van der Waals surface area contributed by atoms with E-state index in [0.717, 1.165) is 61.1 Å². The fraction of sp³-hybridized carbons (Fsp3) is 0.600. The van der Waals surface area contributed by atoms with Gasteiger partial charge >= 0.3 is 0 Å². The van der Waals surface area contributed by atoms with Crippen LogP contribution in [0.1, 0.15) is 43.4 Å². The smallest absolute Gasteiger partial charge is 0.136 e. The highest BCUT2D eigenvalue weighted by Gasteiger charge is 2.24. The molecule has 0 amide bonds. The number of nitrogens with zero attached hydrogens (tertiary/aromatic N) is 4. The molecule has 0 spiro atoms. The monoisotopic (exact) mass is 444 g/mol. The Morgan fingerprint density at radius 3 is 2.38 bits per heavy atom. The Morgan fingerprint density at radius 2 is 1.75 bits per heavy atom. The van der Waals surface area contributed by atoms with Crippen LogP contribution in [-0.2, 0) is 17.6 Å². The maximum atomic E-state index is 13.4. The summed E-state index contributed by atoms with van der Waals surface area (Å²) in [6.45, 7) is 13.4. The number of benzene rings is 1. The van der Waals surface area contributed by atoms with Crippen molar-refractivity contribution in [3.05, 3.63) is 52.7 Å². The molecule has 1 aliphatic heterocycles. The van der Waals surface area contributed by atoms with Gasteiger partial charge in [0.05, 0.1) is 12.7 Å². The van der Waals surface area contributed by atoms with Crippen LogP contribution in [0.2, 0.25) is 0 Å². The Morgan fingerprint density at radius 1 is 1.06 bits per heavy atom. The third-order valence-corrected chi connectivity index (χ3v) is 5.71. The number of aryl methyl sites for hydroxylation is 2. The van der Waals surface area contributed by atoms with E-state index >= 15 is 0 Å². The number of aliphatic hydroxyl groups excluding tert-OH is 1. The number of anilines is 1. The average Bonchev–Trinajstić information content (AvgIpc) is 2.76. The van der Waals surface area contributed by atoms with E-state index < -0.39 is 6.10 Å². The van der Waals surface area contributed by atoms with Crippen LogP contribution in [0.4, 0.5) is 10.2 Å². The summed E-state index contributed by atoms with van der Waals surface area (Å²) in [5, 5.41) is 10.3. The second-order valence-electron chi connectivity index (χ2n) is 9.05. The van der Waals surface area contributed by atoms with E-state index in [2.05, 4.69) is 35.6 Å². The molecular weight excluding hydrogens is 407 g/mol. The molecule has 1 saturated heterocycles. The van der Waals surface area contributed by atoms with Crippen molar-refractivity contribution in [1.82, 2.24) is 14.9 Å². The second-order valence-corrected chi connectivity index (χ2v) is 9.05. The van der Waals surface area contributed by atoms with E-state index in [4.69, 9.17) is 9.72 Å². The van der Waals surface area contributed by atoms with Crippen LogP contribution in [0, 0.1) is 18.7 Å². The van der Waals surface area contributed by atoms with Gasteiger partial charge in [0.25, 0.3) is 0 Å². The highest BCUT2D eigenvalue weighted by Crippen LogP contribution is 2.26. The van der Waals surface area contributed by atoms with Crippen molar-refractivity contribution in [3.63, 3.8) is 0 Å². The van der Waals surface area contributed by atoms with E-state index in [0.29, 0.717) is 32.1 Å². The number of β-amino-alcohol motifs (C(OH)–C–C–N with tert-alkyl or cyclic N) is 1. The number of halogens is 1. The molecule has 2 aromatic rings. The van der Waals surface area contributed by atoms with Crippen molar-refractivity contribution in [1.29, 1.82) is 0 Å². The molecule has 176 valence electrons. The van der Waals surface area contributed by atoms with Gasteiger partial charge in [-0.15, -0.1) is 0 Å². The summed E-state index contributed by atoms with van der Waals surface area (Å²) in [7, 11) is 0. The molecule has 1 N–H and O–H groups in total. The summed E-state index contributed by atoms with van der Waals surface area (Å²) in [6.07, 6.45) is 1.04. The number of hydrogen-bond donors (Lipinski definition) is 1. The normalized spacial score (nSPS) is 16.0. The van der Waals surface area contributed by atoms with E-state index in [1.807, 2.05) is 19.1 Å². The van der Waals surface area contributed by atoms with Gasteiger partial charge in [-0.05, 0) is 37.0 Å². The van der Waals surface area contributed by atoms with Crippen molar-refractivity contribution < 1.29 is 14.2 Å². The van der Waals surface area contributed by atoms with Gasteiger partial charge < -0.3 is 14.7 Å². The predicted octanol–water partition coefficient (Wildman–Crippen LogP) is 3.23. The molecule has 1 atom stereocenters. The Labute approximate surface area is 191 Å². The molecule has 7 heteroatoms. The van der Waals surface area contributed by atoms with E-state index in [-0.39, 0.29) is 5.82 Å². The Kier molecular flexibility index (Phi) is 8.96. The van der Waals surface area contributed by atoms with Gasteiger partial charge in [0.2, 0.25) is 0 Å². The van der Waals surface area contributed by atoms with Gasteiger partial charge in [-0.3, -0.25) is 4.90 Å². The summed E-state index contributed by atoms with van der Waals surface area (Å²) in [5.41, 5.74) is 3.23. The zero-order valence-electron chi connectivity index (χ0n) is 19.9. The lowest BCUT2D eigenvalue weighted by molar-refractivity contribution is 0.00745. The first kappa shape index (κ1) is 24.6. The zero-order valence-corrected chi connectivity index (χ0v) is 19.9. The van der Waals surface area contributed by atoms with E-state index in [1.165, 1.54) is 12.1 Å². The first-order valence-corrected chi connectivity index (χ1v) is 11.7. The minimum Gasteiger partial charge on any atom is -0.389 e. The fourth-order valence-electron chi connectivity index (χ4n) is 4.11. The Hall–Kier alpha value is -2.09. The summed E-state index contributed by atoms with van der Waals surface area (Å²) in [6, 6.07) is 6.67. The third-order valence-electron chi connectivity index (χ3n) is 5.71. The van der Waals surface area contributed by atoms with Crippen molar-refractivity contribution in [3.8, 4) is 0 Å². The number of aliphatic hydroxyl groups is 1. The molecule has 6 nitrogen and oxygen atoms in total. The first-order chi connectivity index (χ1) is 15.4. The Bertz CT molecular complexity index is 852. The molecule has 1 aromatic carbocycles. The SMILES string of the molecule is CCc1nc(C)nc(N2CCN(CC(O)COCC(C)C)CC2)c1Cc1ccc(F)cc1. The third kappa shape index (κ3) is 6.95. The maximum absolute atomic E-state index is 13.4. The summed E-state index contributed by atoms with van der Waals surface area (Å²) >= 11 is 0. The quantitative estimate of drug-likeness (QED) is 0.607. The maximum Gasteiger partial charge on any atom is 0.136 e. The second kappa shape index (κ2) is 11.7. The Balaban J connectivity index is 1.66. The van der Waals surface area contributed by atoms with Gasteiger partial charge in [0.1, 0.15) is 17.5 Å². The topological polar surface area (TPSA) is 61.7 Å². The molecule has 0 bridgehead atoms. The van der Waals surface area contributed by atoms with Gasteiger partial charge in [0.15, 0.2) is 0 Å². The molecule has 1 fully saturated rings. The summed E-state index contributed by atoms with van der Waals surface area (Å²) < 4.78 is 18.9. The van der Waals surface area contributed by atoms with Gasteiger partial charge in [-0.2, -0.15) is 0 Å². The van der Waals surface area contributed by atoms with Crippen molar-refractivity contribution in [2.45, 2.75) is 46.6 Å². The number of hydrogen-bond acceptors (Lipinski definition) is 6. The van der Waals surface area contributed by atoms with E-state index in [1.54, 1.807) is 0 Å². The van der Waals surface area contributed by atoms with Gasteiger partial charge in [0, 0.05) is 57.0 Å². The molecule has 0 aliphatic carbocycles. The number of rotatable bonds is 10. The first-order valence-electron chi connectivity index (χ1n) is 11.7. The lowest BCUT2D eigenvalue weighted by atomic mass is 10.0. The molecule has 1 aliphatic rings. The average molecular weight is 445 g/mol. The molecule has 0 saturated carbocycles. The highest BCUT2D eigenvalue weighted by atomic mass is 19.1. The molecular formula is C25H37FN4O2. The van der Waals surface area contributed by atoms with Crippen LogP contribution in [-0.4, -0.2) is 72.0 Å². The van der Waals surface area contributed by atoms with Gasteiger partial charge in [-0.1, -0.05) is 32.9 Å². The van der Waals surface area contributed by atoms with Crippen molar-refractivity contribution in [2.75, 3.05) is 50.8 Å². The standard InChI is InChI=1S/C25H37FN4O2/c1-5-24-23(14-20-6-8-21(26)9-7-20)25(28-19(4)27-24)30-12-10-29(11-13-30)15-22(31)17-32-16-18(2)3/h6-9,18,22,31H,5,10-17H2,1-4H3. The fourth-order valence-corrected chi connectivity index (χ4v) is 4.11. The molecule has 0 radical (unpaired) electrons. The molecule has 3 rings (SSSR count). The van der Waals surface area contributed by atoms with Crippen LogP contribution >= 0.6 is 0 Å². The zero-order chi connectivity index (χ0) is 23.1. The summed E-state index contributed by atoms with van der Waals surface area (Å²) in [4.78, 5) is 14.1.